The van der Waals surface area contributed by atoms with E-state index >= 15 is 0 Å². The third-order valence-electron chi connectivity index (χ3n) is 3.07. The Morgan fingerprint density at radius 3 is 2.86 bits per heavy atom. The lowest BCUT2D eigenvalue weighted by molar-refractivity contribution is 0.926. The quantitative estimate of drug-likeness (QED) is 0.632. The molecule has 0 saturated heterocycles. The van der Waals surface area contributed by atoms with Crippen molar-refractivity contribution in [3.8, 4) is 0 Å². The topological polar surface area (TPSA) is 37.0 Å². The van der Waals surface area contributed by atoms with Gasteiger partial charge in [0.15, 0.2) is 5.11 Å². The van der Waals surface area contributed by atoms with Crippen LogP contribution in [0.2, 0.25) is 10.0 Å². The molecule has 1 heterocycles. The van der Waals surface area contributed by atoms with E-state index in [1.165, 1.54) is 11.5 Å². The minimum Gasteiger partial charge on any atom is -0.358 e. The Morgan fingerprint density at radius 1 is 1.18 bits per heavy atom. The molecule has 0 aliphatic carbocycles. The predicted octanol–water partition coefficient (Wildman–Crippen LogP) is 5.09. The van der Waals surface area contributed by atoms with Crippen molar-refractivity contribution in [1.29, 1.82) is 0 Å². The second kappa shape index (κ2) is 6.79. The molecule has 2 aromatic carbocycles. The molecule has 0 aliphatic rings. The molecule has 0 unspecified atom stereocenters. The van der Waals surface area contributed by atoms with Gasteiger partial charge in [0.25, 0.3) is 0 Å². The Bertz CT molecular complexity index is 833. The van der Waals surface area contributed by atoms with Crippen molar-refractivity contribution in [2.75, 3.05) is 5.32 Å². The van der Waals surface area contributed by atoms with Gasteiger partial charge < -0.3 is 10.6 Å². The lowest BCUT2D eigenvalue weighted by Gasteiger charge is -2.11. The number of anilines is 1. The highest BCUT2D eigenvalue weighted by atomic mass is 35.5. The van der Waals surface area contributed by atoms with Crippen molar-refractivity contribution in [3.05, 3.63) is 58.2 Å². The van der Waals surface area contributed by atoms with E-state index < -0.39 is 0 Å². The van der Waals surface area contributed by atoms with Crippen LogP contribution in [-0.4, -0.2) is 9.49 Å². The summed E-state index contributed by atoms with van der Waals surface area (Å²) in [4.78, 5) is 0. The van der Waals surface area contributed by atoms with Crippen molar-refractivity contribution >= 4 is 67.8 Å². The molecule has 0 amide bonds. The summed E-state index contributed by atoms with van der Waals surface area (Å²) in [5.74, 6) is 0. The molecule has 0 radical (unpaired) electrons. The first-order valence-corrected chi connectivity index (χ1v) is 8.39. The van der Waals surface area contributed by atoms with E-state index in [9.17, 15) is 0 Å². The molecule has 0 fully saturated rings. The van der Waals surface area contributed by atoms with Crippen molar-refractivity contribution in [2.45, 2.75) is 6.54 Å². The van der Waals surface area contributed by atoms with Crippen molar-refractivity contribution in [1.82, 2.24) is 9.69 Å². The van der Waals surface area contributed by atoms with E-state index in [0.29, 0.717) is 21.7 Å². The molecule has 0 saturated carbocycles. The first-order chi connectivity index (χ1) is 10.6. The van der Waals surface area contributed by atoms with Crippen LogP contribution in [0.1, 0.15) is 5.56 Å². The average molecular weight is 368 g/mol. The smallest absolute Gasteiger partial charge is 0.171 e. The number of nitrogens with zero attached hydrogens (tertiary/aromatic N) is 1. The fourth-order valence-corrected chi connectivity index (χ4v) is 3.26. The third-order valence-corrected chi connectivity index (χ3v) is 4.68. The summed E-state index contributed by atoms with van der Waals surface area (Å²) in [7, 11) is 0. The van der Waals surface area contributed by atoms with Crippen LogP contribution in [0.25, 0.3) is 10.1 Å². The second-order valence-electron chi connectivity index (χ2n) is 4.62. The fourth-order valence-electron chi connectivity index (χ4n) is 1.97. The van der Waals surface area contributed by atoms with Gasteiger partial charge in [0.2, 0.25) is 0 Å². The third kappa shape index (κ3) is 3.67. The number of rotatable bonds is 3. The molecule has 7 heteroatoms. The number of halogens is 2. The molecule has 1 aromatic heterocycles. The van der Waals surface area contributed by atoms with E-state index in [2.05, 4.69) is 15.0 Å². The Labute approximate surface area is 147 Å². The van der Waals surface area contributed by atoms with Crippen LogP contribution in [0.15, 0.2) is 42.6 Å². The molecule has 0 atom stereocenters. The van der Waals surface area contributed by atoms with Crippen LogP contribution < -0.4 is 10.6 Å². The van der Waals surface area contributed by atoms with Gasteiger partial charge in [-0.25, -0.2) is 0 Å². The molecule has 2 N–H and O–H groups in total. The molecule has 3 rings (SSSR count). The maximum atomic E-state index is 6.13. The number of thiocarbonyl (C=S) groups is 1. The van der Waals surface area contributed by atoms with Gasteiger partial charge in [-0.05, 0) is 59.6 Å². The maximum absolute atomic E-state index is 6.13. The highest BCUT2D eigenvalue weighted by molar-refractivity contribution is 7.80. The molecule has 112 valence electrons. The van der Waals surface area contributed by atoms with Gasteiger partial charge in [-0.15, -0.1) is 0 Å². The lowest BCUT2D eigenvalue weighted by atomic mass is 10.2. The number of hydrogen-bond acceptors (Lipinski definition) is 3. The minimum absolute atomic E-state index is 0.532. The standard InChI is InChI=1S/C15H11Cl2N3S2/c16-11-2-1-9(13(17)6-11)7-18-15(21)20-12-3-4-14-10(5-12)8-19-22-14/h1-6,8H,7H2,(H2,18,20,21). The Morgan fingerprint density at radius 2 is 2.05 bits per heavy atom. The van der Waals surface area contributed by atoms with Crippen molar-refractivity contribution in [3.63, 3.8) is 0 Å². The Hall–Kier alpha value is -1.40. The largest absolute Gasteiger partial charge is 0.358 e. The summed E-state index contributed by atoms with van der Waals surface area (Å²) in [6.07, 6.45) is 1.84. The van der Waals surface area contributed by atoms with Crippen LogP contribution in [0.4, 0.5) is 5.69 Å². The van der Waals surface area contributed by atoms with Crippen LogP contribution >= 0.6 is 47.0 Å². The van der Waals surface area contributed by atoms with Gasteiger partial charge in [0.05, 0.1) is 4.70 Å². The first-order valence-electron chi connectivity index (χ1n) is 6.45. The molecule has 0 bridgehead atoms. The average Bonchev–Trinajstić information content (AvgIpc) is 2.94. The zero-order valence-electron chi connectivity index (χ0n) is 11.3. The van der Waals surface area contributed by atoms with Gasteiger partial charge in [0, 0.05) is 33.9 Å². The fraction of sp³-hybridized carbons (Fsp3) is 0.0667. The number of fused-ring (bicyclic) bond motifs is 1. The van der Waals surface area contributed by atoms with Crippen LogP contribution in [-0.2, 0) is 6.54 Å². The predicted molar refractivity (Wildman–Crippen MR) is 99.1 cm³/mol. The van der Waals surface area contributed by atoms with Crippen molar-refractivity contribution < 1.29 is 0 Å². The summed E-state index contributed by atoms with van der Waals surface area (Å²) in [5, 5.41) is 9.15. The maximum Gasteiger partial charge on any atom is 0.171 e. The SMILES string of the molecule is S=C(NCc1ccc(Cl)cc1Cl)Nc1ccc2sncc2c1. The molecule has 3 nitrogen and oxygen atoms in total. The number of benzene rings is 2. The van der Waals surface area contributed by atoms with Crippen molar-refractivity contribution in [2.24, 2.45) is 0 Å². The molecular formula is C15H11Cl2N3S2. The van der Waals surface area contributed by atoms with Gasteiger partial charge in [-0.2, -0.15) is 4.37 Å². The second-order valence-corrected chi connectivity index (χ2v) is 6.71. The zero-order valence-corrected chi connectivity index (χ0v) is 14.4. The van der Waals surface area contributed by atoms with E-state index in [0.717, 1.165) is 21.3 Å². The van der Waals surface area contributed by atoms with Crippen LogP contribution in [0, 0.1) is 0 Å². The monoisotopic (exact) mass is 367 g/mol. The summed E-state index contributed by atoms with van der Waals surface area (Å²) < 4.78 is 5.30. The zero-order chi connectivity index (χ0) is 15.5. The summed E-state index contributed by atoms with van der Waals surface area (Å²) >= 11 is 18.8. The number of hydrogen-bond donors (Lipinski definition) is 2. The Kier molecular flexibility index (Phi) is 4.78. The van der Waals surface area contributed by atoms with Gasteiger partial charge in [0.1, 0.15) is 0 Å². The lowest BCUT2D eigenvalue weighted by Crippen LogP contribution is -2.27. The van der Waals surface area contributed by atoms with Gasteiger partial charge in [-0.3, -0.25) is 0 Å². The van der Waals surface area contributed by atoms with E-state index in [1.54, 1.807) is 12.1 Å². The first kappa shape index (κ1) is 15.5. The van der Waals surface area contributed by atoms with Crippen LogP contribution in [0.5, 0.6) is 0 Å². The van der Waals surface area contributed by atoms with E-state index in [4.69, 9.17) is 35.4 Å². The summed E-state index contributed by atoms with van der Waals surface area (Å²) in [5.41, 5.74) is 1.86. The highest BCUT2D eigenvalue weighted by Gasteiger charge is 2.04. The minimum atomic E-state index is 0.532. The van der Waals surface area contributed by atoms with Gasteiger partial charge in [-0.1, -0.05) is 29.3 Å². The number of nitrogens with one attached hydrogen (secondary N) is 2. The van der Waals surface area contributed by atoms with E-state index in [1.807, 2.05) is 30.5 Å². The molecule has 0 spiro atoms. The highest BCUT2D eigenvalue weighted by Crippen LogP contribution is 2.22. The summed E-state index contributed by atoms with van der Waals surface area (Å²) in [6, 6.07) is 11.4. The molecular weight excluding hydrogens is 357 g/mol. The number of aromatic nitrogens is 1. The Balaban J connectivity index is 1.62. The van der Waals surface area contributed by atoms with E-state index in [-0.39, 0.29) is 0 Å². The molecule has 22 heavy (non-hydrogen) atoms. The molecule has 3 aromatic rings. The van der Waals surface area contributed by atoms with Gasteiger partial charge >= 0.3 is 0 Å². The van der Waals surface area contributed by atoms with Crippen LogP contribution in [0.3, 0.4) is 0 Å². The summed E-state index contributed by atoms with van der Waals surface area (Å²) in [6.45, 7) is 0.532. The normalized spacial score (nSPS) is 10.6. The molecule has 0 aliphatic heterocycles.